The number of rotatable bonds is 4. The molecule has 0 spiro atoms. The van der Waals surface area contributed by atoms with Crippen LogP contribution in [0.5, 0.6) is 0 Å². The number of aromatic nitrogens is 1. The maximum absolute atomic E-state index is 13.6. The third-order valence-corrected chi connectivity index (χ3v) is 6.27. The van der Waals surface area contributed by atoms with Crippen LogP contribution in [0, 0.1) is 0 Å². The fourth-order valence-corrected chi connectivity index (χ4v) is 4.30. The van der Waals surface area contributed by atoms with Crippen molar-refractivity contribution in [3.63, 3.8) is 0 Å². The number of hydrazone groups is 1. The van der Waals surface area contributed by atoms with Crippen molar-refractivity contribution in [2.75, 3.05) is 5.01 Å². The number of benzene rings is 2. The zero-order chi connectivity index (χ0) is 22.2. The molecule has 0 aliphatic carbocycles. The minimum atomic E-state index is -4.84. The average Bonchev–Trinajstić information content (AvgIpc) is 3.34. The van der Waals surface area contributed by atoms with Gasteiger partial charge in [-0.1, -0.05) is 34.1 Å². The van der Waals surface area contributed by atoms with Gasteiger partial charge in [0.25, 0.3) is 5.91 Å². The van der Waals surface area contributed by atoms with Crippen LogP contribution in [0.1, 0.15) is 5.69 Å². The van der Waals surface area contributed by atoms with Gasteiger partial charge in [0.05, 0.1) is 21.8 Å². The number of carbonyl (C=O) groups is 1. The first-order valence-electron chi connectivity index (χ1n) is 8.88. The summed E-state index contributed by atoms with van der Waals surface area (Å²) in [7, 11) is -1.72. The van der Waals surface area contributed by atoms with Gasteiger partial charge in [-0.2, -0.15) is 23.3 Å². The summed E-state index contributed by atoms with van der Waals surface area (Å²) in [5.74, 6) is -0.916. The third-order valence-electron chi connectivity index (χ3n) is 4.38. The van der Waals surface area contributed by atoms with E-state index in [-0.39, 0.29) is 11.4 Å². The third kappa shape index (κ3) is 4.26. The van der Waals surface area contributed by atoms with Crippen LogP contribution in [-0.4, -0.2) is 26.0 Å². The molecule has 0 saturated heterocycles. The van der Waals surface area contributed by atoms with Crippen LogP contribution in [0.2, 0.25) is 0 Å². The summed E-state index contributed by atoms with van der Waals surface area (Å²) in [6.45, 7) is 0. The first-order chi connectivity index (χ1) is 14.8. The highest BCUT2D eigenvalue weighted by molar-refractivity contribution is 9.10. The molecule has 10 heteroatoms. The number of carbonyl (C=O) groups excluding carboxylic acids is 1. The molecule has 0 bridgehead atoms. The molecule has 2 heterocycles. The molecule has 0 saturated carbocycles. The number of hydrogen-bond acceptors (Lipinski definition) is 3. The summed E-state index contributed by atoms with van der Waals surface area (Å²) in [6.07, 6.45) is -2.30. The monoisotopic (exact) mass is 507 g/mol. The second kappa shape index (κ2) is 8.27. The summed E-state index contributed by atoms with van der Waals surface area (Å²) in [5, 5.41) is 4.25. The second-order valence-corrected chi connectivity index (χ2v) is 8.70. The predicted octanol–water partition coefficient (Wildman–Crippen LogP) is 5.17. The summed E-state index contributed by atoms with van der Waals surface area (Å²) in [4.78, 5) is 13.3. The maximum atomic E-state index is 13.6. The van der Waals surface area contributed by atoms with E-state index in [0.717, 1.165) is 10.5 Å². The molecule has 1 aliphatic rings. The van der Waals surface area contributed by atoms with Crippen LogP contribution in [0.25, 0.3) is 6.08 Å². The van der Waals surface area contributed by atoms with E-state index in [2.05, 4.69) is 21.0 Å². The van der Waals surface area contributed by atoms with E-state index in [1.54, 1.807) is 48.5 Å². The zero-order valence-corrected chi connectivity index (χ0v) is 18.0. The minimum absolute atomic E-state index is 0.177. The Labute approximate surface area is 186 Å². The van der Waals surface area contributed by atoms with E-state index in [9.17, 15) is 22.2 Å². The predicted molar refractivity (Wildman–Crippen MR) is 116 cm³/mol. The fourth-order valence-electron chi connectivity index (χ4n) is 2.95. The lowest BCUT2D eigenvalue weighted by molar-refractivity contribution is -0.114. The normalized spacial score (nSPS) is 16.6. The molecule has 5 nitrogen and oxygen atoms in total. The number of nitrogens with zero attached hydrogens (tertiary/aromatic N) is 3. The Morgan fingerprint density at radius 3 is 2.29 bits per heavy atom. The van der Waals surface area contributed by atoms with Crippen LogP contribution in [0.4, 0.5) is 18.9 Å². The molecule has 1 amide bonds. The van der Waals surface area contributed by atoms with Crippen LogP contribution in [0.3, 0.4) is 0 Å². The highest BCUT2D eigenvalue weighted by Gasteiger charge is 2.47. The number of hydrogen-bond donors (Lipinski definition) is 0. The Morgan fingerprint density at radius 2 is 1.65 bits per heavy atom. The summed E-state index contributed by atoms with van der Waals surface area (Å²) in [5.41, 5.74) is -1.53. The van der Waals surface area contributed by atoms with Crippen molar-refractivity contribution in [2.45, 2.75) is 11.1 Å². The lowest BCUT2D eigenvalue weighted by Crippen LogP contribution is -2.25. The van der Waals surface area contributed by atoms with Gasteiger partial charge in [-0.05, 0) is 54.6 Å². The Bertz CT molecular complexity index is 1220. The second-order valence-electron chi connectivity index (χ2n) is 6.42. The van der Waals surface area contributed by atoms with Crippen molar-refractivity contribution >= 4 is 50.3 Å². The topological polar surface area (TPSA) is 54.7 Å². The van der Waals surface area contributed by atoms with Gasteiger partial charge in [0.2, 0.25) is 0 Å². The molecule has 1 unspecified atom stereocenters. The summed E-state index contributed by atoms with van der Waals surface area (Å²) >= 11 is 3.30. The SMILES string of the molecule is O=C1/C(=C/c2cccn2S(=O)c2ccc(Br)cc2)C(C(F)(F)F)=NN1c1ccccc1. The molecule has 0 N–H and O–H groups in total. The van der Waals surface area contributed by atoms with E-state index in [1.165, 1.54) is 28.4 Å². The van der Waals surface area contributed by atoms with Gasteiger partial charge in [-0.15, -0.1) is 0 Å². The molecule has 1 atom stereocenters. The van der Waals surface area contributed by atoms with Crippen molar-refractivity contribution in [3.05, 3.63) is 88.7 Å². The number of amides is 1. The highest BCUT2D eigenvalue weighted by Crippen LogP contribution is 2.32. The molecule has 0 fully saturated rings. The Kier molecular flexibility index (Phi) is 5.67. The summed E-state index contributed by atoms with van der Waals surface area (Å²) < 4.78 is 56.0. The largest absolute Gasteiger partial charge is 0.435 e. The Balaban J connectivity index is 1.75. The van der Waals surface area contributed by atoms with E-state index >= 15 is 0 Å². The van der Waals surface area contributed by atoms with E-state index in [0.29, 0.717) is 9.90 Å². The van der Waals surface area contributed by atoms with E-state index in [4.69, 9.17) is 0 Å². The van der Waals surface area contributed by atoms with Crippen molar-refractivity contribution < 1.29 is 22.2 Å². The maximum Gasteiger partial charge on any atom is 0.435 e. The first-order valence-corrected chi connectivity index (χ1v) is 10.8. The Hall–Kier alpha value is -2.98. The highest BCUT2D eigenvalue weighted by atomic mass is 79.9. The number of halogens is 4. The van der Waals surface area contributed by atoms with Gasteiger partial charge < -0.3 is 0 Å². The van der Waals surface area contributed by atoms with Crippen LogP contribution >= 0.6 is 15.9 Å². The molecule has 158 valence electrons. The fraction of sp³-hybridized carbons (Fsp3) is 0.0476. The van der Waals surface area contributed by atoms with Gasteiger partial charge in [0.1, 0.15) is 0 Å². The molecule has 2 aromatic carbocycles. The van der Waals surface area contributed by atoms with Gasteiger partial charge >= 0.3 is 6.18 Å². The van der Waals surface area contributed by atoms with Crippen molar-refractivity contribution in [1.82, 2.24) is 3.97 Å². The lowest BCUT2D eigenvalue weighted by Gasteiger charge is -2.11. The standard InChI is InChI=1S/C21H13BrF3N3O2S/c22-14-8-10-17(11-9-14)31(30)27-12-4-7-16(27)13-18-19(21(23,24)25)26-28(20(18)29)15-5-2-1-3-6-15/h1-13H/b18-13+. The van der Waals surface area contributed by atoms with Crippen molar-refractivity contribution in [3.8, 4) is 0 Å². The zero-order valence-electron chi connectivity index (χ0n) is 15.6. The van der Waals surface area contributed by atoms with Crippen LogP contribution < -0.4 is 5.01 Å². The molecular formula is C21H13BrF3N3O2S. The number of para-hydroxylation sites is 1. The van der Waals surface area contributed by atoms with Crippen molar-refractivity contribution in [2.24, 2.45) is 5.10 Å². The molecule has 1 aliphatic heterocycles. The lowest BCUT2D eigenvalue weighted by atomic mass is 10.1. The van der Waals surface area contributed by atoms with Gasteiger partial charge in [-0.25, -0.2) is 4.21 Å². The number of anilines is 1. The minimum Gasteiger partial charge on any atom is -0.267 e. The molecule has 3 aromatic rings. The van der Waals surface area contributed by atoms with Gasteiger partial charge in [-0.3, -0.25) is 8.77 Å². The van der Waals surface area contributed by atoms with Crippen LogP contribution in [-0.2, 0) is 15.8 Å². The van der Waals surface area contributed by atoms with Crippen molar-refractivity contribution in [1.29, 1.82) is 0 Å². The smallest absolute Gasteiger partial charge is 0.267 e. The van der Waals surface area contributed by atoms with Gasteiger partial charge in [0, 0.05) is 10.7 Å². The summed E-state index contributed by atoms with van der Waals surface area (Å²) in [6, 6.07) is 17.6. The molecule has 31 heavy (non-hydrogen) atoms. The van der Waals surface area contributed by atoms with Crippen LogP contribution in [0.15, 0.2) is 93.0 Å². The Morgan fingerprint density at radius 1 is 0.968 bits per heavy atom. The first kappa shape index (κ1) is 21.3. The number of alkyl halides is 3. The molecular weight excluding hydrogens is 495 g/mol. The van der Waals surface area contributed by atoms with E-state index < -0.39 is 34.4 Å². The van der Waals surface area contributed by atoms with E-state index in [1.807, 2.05) is 0 Å². The molecule has 0 radical (unpaired) electrons. The molecule has 1 aromatic heterocycles. The van der Waals surface area contributed by atoms with Gasteiger partial charge in [0.15, 0.2) is 16.7 Å². The molecule has 4 rings (SSSR count). The average molecular weight is 508 g/mol. The quantitative estimate of drug-likeness (QED) is 0.457.